The quantitative estimate of drug-likeness (QED) is 0.857. The third-order valence-corrected chi connectivity index (χ3v) is 5.72. The predicted molar refractivity (Wildman–Crippen MR) is 101 cm³/mol. The lowest BCUT2D eigenvalue weighted by molar-refractivity contribution is -0.138. The van der Waals surface area contributed by atoms with E-state index in [-0.39, 0.29) is 24.4 Å². The highest BCUT2D eigenvalue weighted by atomic mass is 16.5. The number of amides is 1. The van der Waals surface area contributed by atoms with Crippen LogP contribution < -0.4 is 0 Å². The van der Waals surface area contributed by atoms with Crippen molar-refractivity contribution in [1.82, 2.24) is 14.8 Å². The molecule has 7 nitrogen and oxygen atoms in total. The topological polar surface area (TPSA) is 85.9 Å². The van der Waals surface area contributed by atoms with Crippen molar-refractivity contribution in [3.05, 3.63) is 35.0 Å². The Morgan fingerprint density at radius 3 is 2.81 bits per heavy atom. The number of H-pyrrole nitrogens is 1. The summed E-state index contributed by atoms with van der Waals surface area (Å²) in [4.78, 5) is 31.6. The molecule has 0 saturated carbocycles. The largest absolute Gasteiger partial charge is 0.480 e. The SMILES string of the molecule is Cc1[nH]c2ccc(C(=O)N3C[C@H]4COC[C@@H]3CN(CC(=O)O)C4)cc2c1C. The molecule has 2 bridgehead atoms. The zero-order valence-electron chi connectivity index (χ0n) is 15.7. The van der Waals surface area contributed by atoms with Gasteiger partial charge in [0.15, 0.2) is 0 Å². The smallest absolute Gasteiger partial charge is 0.317 e. The zero-order chi connectivity index (χ0) is 19.1. The summed E-state index contributed by atoms with van der Waals surface area (Å²) in [5.74, 6) is -0.717. The van der Waals surface area contributed by atoms with Crippen molar-refractivity contribution < 1.29 is 19.4 Å². The fourth-order valence-electron chi connectivity index (χ4n) is 4.27. The number of benzene rings is 1. The van der Waals surface area contributed by atoms with E-state index < -0.39 is 5.97 Å². The number of aryl methyl sites for hydroxylation is 2. The molecule has 0 radical (unpaired) electrons. The Morgan fingerprint density at radius 1 is 1.22 bits per heavy atom. The molecular weight excluding hydrogens is 346 g/mol. The van der Waals surface area contributed by atoms with Crippen LogP contribution in [0.3, 0.4) is 0 Å². The lowest BCUT2D eigenvalue weighted by atomic mass is 10.1. The van der Waals surface area contributed by atoms with Crippen molar-refractivity contribution in [3.8, 4) is 0 Å². The van der Waals surface area contributed by atoms with Crippen LogP contribution in [0.25, 0.3) is 10.9 Å². The molecule has 2 saturated heterocycles. The fourth-order valence-corrected chi connectivity index (χ4v) is 4.27. The number of aliphatic carboxylic acids is 1. The van der Waals surface area contributed by atoms with Gasteiger partial charge in [0.05, 0.1) is 25.8 Å². The van der Waals surface area contributed by atoms with Crippen LogP contribution in [0, 0.1) is 19.8 Å². The van der Waals surface area contributed by atoms with Crippen LogP contribution in [0.15, 0.2) is 18.2 Å². The normalized spacial score (nSPS) is 23.4. The maximum absolute atomic E-state index is 13.3. The van der Waals surface area contributed by atoms with E-state index in [1.165, 1.54) is 0 Å². The van der Waals surface area contributed by atoms with Crippen molar-refractivity contribution in [2.24, 2.45) is 5.92 Å². The van der Waals surface area contributed by atoms with E-state index in [9.17, 15) is 9.59 Å². The fraction of sp³-hybridized carbons (Fsp3) is 0.500. The van der Waals surface area contributed by atoms with Crippen molar-refractivity contribution in [3.63, 3.8) is 0 Å². The van der Waals surface area contributed by atoms with Gasteiger partial charge >= 0.3 is 5.97 Å². The van der Waals surface area contributed by atoms with Crippen LogP contribution in [0.5, 0.6) is 0 Å². The molecule has 1 aromatic carbocycles. The molecule has 2 fully saturated rings. The van der Waals surface area contributed by atoms with E-state index >= 15 is 0 Å². The zero-order valence-corrected chi connectivity index (χ0v) is 15.7. The number of nitrogens with zero attached hydrogens (tertiary/aromatic N) is 2. The van der Waals surface area contributed by atoms with Gasteiger partial charge in [-0.15, -0.1) is 0 Å². The molecule has 1 amide bonds. The number of aromatic nitrogens is 1. The van der Waals surface area contributed by atoms with E-state index in [2.05, 4.69) is 11.9 Å². The van der Waals surface area contributed by atoms with Crippen molar-refractivity contribution >= 4 is 22.8 Å². The Morgan fingerprint density at radius 2 is 2.04 bits per heavy atom. The van der Waals surface area contributed by atoms with E-state index in [0.29, 0.717) is 38.4 Å². The number of rotatable bonds is 3. The molecule has 1 aromatic heterocycles. The van der Waals surface area contributed by atoms with Crippen LogP contribution >= 0.6 is 0 Å². The number of carboxylic acids is 1. The highest BCUT2D eigenvalue weighted by Gasteiger charge is 2.36. The number of fused-ring (bicyclic) bond motifs is 4. The maximum Gasteiger partial charge on any atom is 0.317 e. The molecule has 2 N–H and O–H groups in total. The average molecular weight is 371 g/mol. The standard InChI is InChI=1S/C20H25N3O4/c1-12-13(2)21-18-4-3-15(5-17(12)18)20(26)23-7-14-6-22(9-19(24)25)8-16(23)11-27-10-14/h3-5,14,16,21H,6-11H2,1-2H3,(H,24,25)/t14-,16-/m0/s1. The van der Waals surface area contributed by atoms with Gasteiger partial charge in [-0.2, -0.15) is 0 Å². The van der Waals surface area contributed by atoms with Gasteiger partial charge in [0.25, 0.3) is 5.91 Å². The van der Waals surface area contributed by atoms with Crippen LogP contribution in [0.2, 0.25) is 0 Å². The molecule has 2 atom stereocenters. The van der Waals surface area contributed by atoms with Gasteiger partial charge in [0.2, 0.25) is 0 Å². The van der Waals surface area contributed by atoms with Crippen LogP contribution in [0.4, 0.5) is 0 Å². The summed E-state index contributed by atoms with van der Waals surface area (Å²) in [6.45, 7) is 6.86. The van der Waals surface area contributed by atoms with E-state index in [4.69, 9.17) is 9.84 Å². The van der Waals surface area contributed by atoms with Gasteiger partial charge in [-0.05, 0) is 37.6 Å². The van der Waals surface area contributed by atoms with Gasteiger partial charge in [0, 0.05) is 47.7 Å². The number of aromatic amines is 1. The molecule has 2 aromatic rings. The molecule has 7 heteroatoms. The molecule has 2 aliphatic heterocycles. The summed E-state index contributed by atoms with van der Waals surface area (Å²) in [6.07, 6.45) is 0. The van der Waals surface area contributed by atoms with Gasteiger partial charge in [0.1, 0.15) is 0 Å². The minimum absolute atomic E-state index is 0.00279. The molecule has 144 valence electrons. The summed E-state index contributed by atoms with van der Waals surface area (Å²) < 4.78 is 5.75. The van der Waals surface area contributed by atoms with Crippen molar-refractivity contribution in [1.29, 1.82) is 0 Å². The average Bonchev–Trinajstić information content (AvgIpc) is 2.77. The number of hydrogen-bond donors (Lipinski definition) is 2. The van der Waals surface area contributed by atoms with Gasteiger partial charge in [-0.25, -0.2) is 0 Å². The minimum atomic E-state index is -0.836. The summed E-state index contributed by atoms with van der Waals surface area (Å²) in [7, 11) is 0. The van der Waals surface area contributed by atoms with Crippen molar-refractivity contribution in [2.75, 3.05) is 39.4 Å². The number of nitrogens with one attached hydrogen (secondary N) is 1. The summed E-state index contributed by atoms with van der Waals surface area (Å²) in [5.41, 5.74) is 3.97. The first-order valence-corrected chi connectivity index (χ1v) is 9.34. The van der Waals surface area contributed by atoms with E-state index in [1.807, 2.05) is 34.9 Å². The number of carbonyl (C=O) groups excluding carboxylic acids is 1. The van der Waals surface area contributed by atoms with Gasteiger partial charge in [-0.1, -0.05) is 0 Å². The highest BCUT2D eigenvalue weighted by molar-refractivity contribution is 5.99. The number of carbonyl (C=O) groups is 2. The first-order chi connectivity index (χ1) is 12.9. The van der Waals surface area contributed by atoms with Crippen LogP contribution in [0.1, 0.15) is 21.6 Å². The van der Waals surface area contributed by atoms with Gasteiger partial charge < -0.3 is 19.7 Å². The summed E-state index contributed by atoms with van der Waals surface area (Å²) in [5, 5.41) is 10.2. The third-order valence-electron chi connectivity index (χ3n) is 5.72. The second kappa shape index (κ2) is 6.98. The van der Waals surface area contributed by atoms with E-state index in [0.717, 1.165) is 22.2 Å². The second-order valence-corrected chi connectivity index (χ2v) is 7.74. The Kier molecular flexibility index (Phi) is 4.65. The first kappa shape index (κ1) is 18.0. The second-order valence-electron chi connectivity index (χ2n) is 7.74. The number of carboxylic acid groups (broad SMARTS) is 1. The first-order valence-electron chi connectivity index (χ1n) is 9.34. The Hall–Kier alpha value is -2.38. The number of hydrogen-bond acceptors (Lipinski definition) is 4. The van der Waals surface area contributed by atoms with E-state index in [1.54, 1.807) is 0 Å². The lowest BCUT2D eigenvalue weighted by Crippen LogP contribution is -2.47. The molecule has 0 unspecified atom stereocenters. The Balaban J connectivity index is 1.63. The minimum Gasteiger partial charge on any atom is -0.480 e. The molecule has 0 spiro atoms. The Bertz CT molecular complexity index is 891. The Labute approximate surface area is 157 Å². The molecule has 0 aliphatic carbocycles. The van der Waals surface area contributed by atoms with Gasteiger partial charge in [-0.3, -0.25) is 14.5 Å². The number of ether oxygens (including phenoxy) is 1. The monoisotopic (exact) mass is 371 g/mol. The molecular formula is C20H25N3O4. The van der Waals surface area contributed by atoms with Crippen LogP contribution in [-0.2, 0) is 9.53 Å². The highest BCUT2D eigenvalue weighted by Crippen LogP contribution is 2.26. The predicted octanol–water partition coefficient (Wildman–Crippen LogP) is 1.64. The maximum atomic E-state index is 13.3. The van der Waals surface area contributed by atoms with Crippen LogP contribution in [-0.4, -0.2) is 77.2 Å². The molecule has 2 aliphatic rings. The summed E-state index contributed by atoms with van der Waals surface area (Å²) in [6, 6.07) is 5.65. The van der Waals surface area contributed by atoms with Crippen molar-refractivity contribution in [2.45, 2.75) is 19.9 Å². The molecule has 4 rings (SSSR count). The summed E-state index contributed by atoms with van der Waals surface area (Å²) >= 11 is 0. The molecule has 27 heavy (non-hydrogen) atoms. The lowest BCUT2D eigenvalue weighted by Gasteiger charge is -2.30. The third kappa shape index (κ3) is 3.44. The molecule has 3 heterocycles.